The van der Waals surface area contributed by atoms with Crippen LogP contribution in [0.5, 0.6) is 0 Å². The highest BCUT2D eigenvalue weighted by Crippen LogP contribution is 2.24. The molecule has 0 spiro atoms. The summed E-state index contributed by atoms with van der Waals surface area (Å²) >= 11 is 0. The third-order valence-corrected chi connectivity index (χ3v) is 5.40. The molecule has 2 aromatic carbocycles. The first-order chi connectivity index (χ1) is 13.8. The molecule has 2 aromatic heterocycles. The fraction of sp³-hybridized carbons (Fsp3) is 0.292. The Bertz CT molecular complexity index is 1100. The van der Waals surface area contributed by atoms with E-state index in [1.807, 2.05) is 22.8 Å². The van der Waals surface area contributed by atoms with Crippen LogP contribution in [-0.4, -0.2) is 9.67 Å². The molecule has 29 heavy (non-hydrogen) atoms. The maximum atomic E-state index is 10.6. The molecule has 0 aliphatic heterocycles. The SMILES string of the molecule is CC(C)(C)c1ccc(C[n+]2c(N)n(C[C@@H](O)c3ccco3)c3ccccc32)cc1. The highest BCUT2D eigenvalue weighted by molar-refractivity contribution is 5.74. The van der Waals surface area contributed by atoms with Crippen molar-refractivity contribution in [2.24, 2.45) is 0 Å². The summed E-state index contributed by atoms with van der Waals surface area (Å²) in [6.07, 6.45) is 0.805. The van der Waals surface area contributed by atoms with Gasteiger partial charge < -0.3 is 9.52 Å². The largest absolute Gasteiger partial charge is 0.466 e. The molecule has 1 atom stereocenters. The fourth-order valence-corrected chi connectivity index (χ4v) is 3.71. The zero-order valence-corrected chi connectivity index (χ0v) is 17.2. The average molecular weight is 391 g/mol. The number of imidazole rings is 1. The zero-order chi connectivity index (χ0) is 20.6. The molecule has 0 bridgehead atoms. The summed E-state index contributed by atoms with van der Waals surface area (Å²) in [4.78, 5) is 0. The van der Waals surface area contributed by atoms with Gasteiger partial charge in [-0.05, 0) is 40.8 Å². The molecule has 0 unspecified atom stereocenters. The summed E-state index contributed by atoms with van der Waals surface area (Å²) < 4.78 is 9.39. The summed E-state index contributed by atoms with van der Waals surface area (Å²) in [5.74, 6) is 1.14. The van der Waals surface area contributed by atoms with Gasteiger partial charge in [0.1, 0.15) is 29.4 Å². The molecule has 3 N–H and O–H groups in total. The van der Waals surface area contributed by atoms with Crippen LogP contribution in [0.2, 0.25) is 0 Å². The zero-order valence-electron chi connectivity index (χ0n) is 17.2. The van der Waals surface area contributed by atoms with Crippen molar-refractivity contribution >= 4 is 17.0 Å². The second kappa shape index (κ2) is 7.41. The van der Waals surface area contributed by atoms with Crippen molar-refractivity contribution < 1.29 is 14.1 Å². The van der Waals surface area contributed by atoms with E-state index in [0.717, 1.165) is 11.0 Å². The van der Waals surface area contributed by atoms with Crippen LogP contribution >= 0.6 is 0 Å². The first kappa shape index (κ1) is 19.3. The Morgan fingerprint density at radius 3 is 2.41 bits per heavy atom. The van der Waals surface area contributed by atoms with Gasteiger partial charge in [0.15, 0.2) is 0 Å². The third kappa shape index (κ3) is 3.78. The first-order valence-corrected chi connectivity index (χ1v) is 9.92. The molecule has 150 valence electrons. The van der Waals surface area contributed by atoms with Crippen molar-refractivity contribution in [2.75, 3.05) is 5.73 Å². The molecule has 4 rings (SSSR count). The minimum absolute atomic E-state index is 0.128. The normalized spacial score (nSPS) is 13.1. The summed E-state index contributed by atoms with van der Waals surface area (Å²) in [6, 6.07) is 20.3. The molecular formula is C24H28N3O2+. The number of nitrogens with zero attached hydrogens (tertiary/aromatic N) is 2. The number of aliphatic hydroxyl groups is 1. The second-order valence-electron chi connectivity index (χ2n) is 8.52. The van der Waals surface area contributed by atoms with E-state index in [-0.39, 0.29) is 5.41 Å². The summed E-state index contributed by atoms with van der Waals surface area (Å²) in [7, 11) is 0. The molecule has 0 radical (unpaired) electrons. The summed E-state index contributed by atoms with van der Waals surface area (Å²) in [6.45, 7) is 7.64. The Morgan fingerprint density at radius 2 is 1.76 bits per heavy atom. The number of nitrogens with two attached hydrogens (primary N) is 1. The third-order valence-electron chi connectivity index (χ3n) is 5.40. The number of aromatic nitrogens is 2. The van der Waals surface area contributed by atoms with Crippen LogP contribution in [0.1, 0.15) is 43.8 Å². The van der Waals surface area contributed by atoms with Crippen molar-refractivity contribution in [1.82, 2.24) is 4.57 Å². The van der Waals surface area contributed by atoms with E-state index < -0.39 is 6.10 Å². The highest BCUT2D eigenvalue weighted by Gasteiger charge is 2.24. The lowest BCUT2D eigenvalue weighted by atomic mass is 9.87. The van der Waals surface area contributed by atoms with Gasteiger partial charge >= 0.3 is 5.95 Å². The number of anilines is 1. The molecular weight excluding hydrogens is 362 g/mol. The van der Waals surface area contributed by atoms with Crippen LogP contribution in [0.25, 0.3) is 11.0 Å². The van der Waals surface area contributed by atoms with E-state index in [2.05, 4.69) is 55.7 Å². The predicted octanol–water partition coefficient (Wildman–Crippen LogP) is 4.18. The van der Waals surface area contributed by atoms with E-state index >= 15 is 0 Å². The molecule has 0 amide bonds. The average Bonchev–Trinajstić information content (AvgIpc) is 3.31. The number of hydrogen-bond donors (Lipinski definition) is 2. The maximum absolute atomic E-state index is 10.6. The van der Waals surface area contributed by atoms with E-state index in [0.29, 0.717) is 24.8 Å². The first-order valence-electron chi connectivity index (χ1n) is 9.92. The topological polar surface area (TPSA) is 68.2 Å². The minimum atomic E-state index is -0.761. The molecule has 4 aromatic rings. The Labute approximate surface area is 171 Å². The van der Waals surface area contributed by atoms with Gasteiger partial charge in [-0.25, -0.2) is 9.13 Å². The van der Waals surface area contributed by atoms with Crippen LogP contribution in [0.4, 0.5) is 5.95 Å². The van der Waals surface area contributed by atoms with E-state index in [1.54, 1.807) is 18.4 Å². The number of para-hydroxylation sites is 2. The smallest absolute Gasteiger partial charge is 0.356 e. The van der Waals surface area contributed by atoms with Crippen molar-refractivity contribution in [2.45, 2.75) is 45.4 Å². The van der Waals surface area contributed by atoms with Crippen molar-refractivity contribution in [3.63, 3.8) is 0 Å². The molecule has 0 saturated heterocycles. The number of aliphatic hydroxyl groups excluding tert-OH is 1. The number of hydrogen-bond acceptors (Lipinski definition) is 3. The van der Waals surface area contributed by atoms with Gasteiger partial charge in [0.2, 0.25) is 0 Å². The maximum Gasteiger partial charge on any atom is 0.356 e. The lowest BCUT2D eigenvalue weighted by Crippen LogP contribution is -2.37. The number of rotatable bonds is 5. The lowest BCUT2D eigenvalue weighted by Gasteiger charge is -2.19. The van der Waals surface area contributed by atoms with Gasteiger partial charge in [-0.2, -0.15) is 0 Å². The van der Waals surface area contributed by atoms with Gasteiger partial charge in [-0.1, -0.05) is 57.2 Å². The minimum Gasteiger partial charge on any atom is -0.466 e. The Hall–Kier alpha value is -3.05. The van der Waals surface area contributed by atoms with Crippen LogP contribution in [0.15, 0.2) is 71.3 Å². The van der Waals surface area contributed by atoms with E-state index in [9.17, 15) is 5.11 Å². The quantitative estimate of drug-likeness (QED) is 0.502. The van der Waals surface area contributed by atoms with Crippen molar-refractivity contribution in [3.05, 3.63) is 83.8 Å². The van der Waals surface area contributed by atoms with Gasteiger partial charge in [0.25, 0.3) is 0 Å². The van der Waals surface area contributed by atoms with E-state index in [1.165, 1.54) is 11.1 Å². The van der Waals surface area contributed by atoms with Crippen molar-refractivity contribution in [1.29, 1.82) is 0 Å². The highest BCUT2D eigenvalue weighted by atomic mass is 16.4. The number of fused-ring (bicyclic) bond motifs is 1. The van der Waals surface area contributed by atoms with E-state index in [4.69, 9.17) is 10.2 Å². The Kier molecular flexibility index (Phi) is 4.92. The Morgan fingerprint density at radius 1 is 1.03 bits per heavy atom. The summed E-state index contributed by atoms with van der Waals surface area (Å²) in [5, 5.41) is 10.6. The molecule has 2 heterocycles. The predicted molar refractivity (Wildman–Crippen MR) is 114 cm³/mol. The van der Waals surface area contributed by atoms with Crippen LogP contribution < -0.4 is 10.3 Å². The van der Waals surface area contributed by atoms with Crippen LogP contribution in [-0.2, 0) is 18.5 Å². The van der Waals surface area contributed by atoms with Gasteiger partial charge in [-0.15, -0.1) is 0 Å². The Balaban J connectivity index is 1.69. The number of furan rings is 1. The van der Waals surface area contributed by atoms with Crippen molar-refractivity contribution in [3.8, 4) is 0 Å². The molecule has 0 aliphatic carbocycles. The molecule has 0 saturated carbocycles. The summed E-state index contributed by atoms with van der Waals surface area (Å²) in [5.41, 5.74) is 11.2. The molecule has 5 nitrogen and oxygen atoms in total. The van der Waals surface area contributed by atoms with Gasteiger partial charge in [0, 0.05) is 0 Å². The monoisotopic (exact) mass is 390 g/mol. The second-order valence-corrected chi connectivity index (χ2v) is 8.52. The van der Waals surface area contributed by atoms with Crippen LogP contribution in [0, 0.1) is 0 Å². The molecule has 0 aliphatic rings. The van der Waals surface area contributed by atoms with Crippen LogP contribution in [0.3, 0.4) is 0 Å². The lowest BCUT2D eigenvalue weighted by molar-refractivity contribution is -0.648. The van der Waals surface area contributed by atoms with Gasteiger partial charge in [-0.3, -0.25) is 5.73 Å². The standard InChI is InChI=1S/C24H27N3O2/c1-24(2,3)18-12-10-17(11-13-18)15-26-19-7-4-5-8-20(19)27(23(26)25)16-21(28)22-9-6-14-29-22/h4-14,21,25,28H,15-16H2,1-3H3/p+1/t21-/m1/s1. The number of nitrogen functional groups attached to an aromatic ring is 1. The molecule has 0 fully saturated rings. The number of benzene rings is 2. The fourth-order valence-electron chi connectivity index (χ4n) is 3.71. The van der Waals surface area contributed by atoms with Gasteiger partial charge in [0.05, 0.1) is 12.8 Å². The molecule has 5 heteroatoms.